The van der Waals surface area contributed by atoms with Crippen molar-refractivity contribution in [2.24, 2.45) is 0 Å². The Morgan fingerprint density at radius 3 is 2.00 bits per heavy atom. The molecule has 2 rings (SSSR count). The van der Waals surface area contributed by atoms with E-state index in [0.717, 1.165) is 11.1 Å². The molecule has 0 N–H and O–H groups in total. The van der Waals surface area contributed by atoms with Gasteiger partial charge in [0.1, 0.15) is 6.10 Å². The van der Waals surface area contributed by atoms with E-state index in [4.69, 9.17) is 27.9 Å². The number of carbonyl (C=O) groups is 1. The van der Waals surface area contributed by atoms with Gasteiger partial charge in [0.15, 0.2) is 0 Å². The number of ether oxygens (including phenoxy) is 1. The minimum atomic E-state index is -0.328. The highest BCUT2D eigenvalue weighted by Crippen LogP contribution is 2.24. The lowest BCUT2D eigenvalue weighted by atomic mass is 10.0. The monoisotopic (exact) mass is 308 g/mol. The van der Waals surface area contributed by atoms with Crippen LogP contribution >= 0.6 is 23.2 Å². The highest BCUT2D eigenvalue weighted by molar-refractivity contribution is 6.30. The largest absolute Gasteiger partial charge is 0.457 e. The third kappa shape index (κ3) is 4.26. The predicted molar refractivity (Wildman–Crippen MR) is 81.1 cm³/mol. The number of halogens is 2. The van der Waals surface area contributed by atoms with Gasteiger partial charge in [0, 0.05) is 23.4 Å². The van der Waals surface area contributed by atoms with Crippen LogP contribution in [0.15, 0.2) is 48.5 Å². The first kappa shape index (κ1) is 14.9. The molecule has 4 heteroatoms. The molecule has 0 radical (unpaired) electrons. The Balaban J connectivity index is 2.21. The molecule has 0 aliphatic heterocycles. The zero-order valence-electron chi connectivity index (χ0n) is 11.0. The lowest BCUT2D eigenvalue weighted by molar-refractivity contribution is -0.146. The topological polar surface area (TPSA) is 26.3 Å². The quantitative estimate of drug-likeness (QED) is 0.755. The minimum Gasteiger partial charge on any atom is -0.457 e. The van der Waals surface area contributed by atoms with Crippen molar-refractivity contribution in [3.8, 4) is 0 Å². The second kappa shape index (κ2) is 6.78. The maximum atomic E-state index is 11.3. The summed E-state index contributed by atoms with van der Waals surface area (Å²) in [6, 6.07) is 14.8. The van der Waals surface area contributed by atoms with Gasteiger partial charge in [0.2, 0.25) is 0 Å². The van der Waals surface area contributed by atoms with Crippen LogP contribution in [0.2, 0.25) is 10.0 Å². The molecule has 0 bridgehead atoms. The molecule has 2 aromatic carbocycles. The molecule has 0 unspecified atom stereocenters. The number of hydrogen-bond acceptors (Lipinski definition) is 2. The van der Waals surface area contributed by atoms with E-state index in [-0.39, 0.29) is 12.1 Å². The molecule has 0 aromatic heterocycles. The van der Waals surface area contributed by atoms with Crippen LogP contribution in [0.25, 0.3) is 0 Å². The maximum Gasteiger partial charge on any atom is 0.303 e. The summed E-state index contributed by atoms with van der Waals surface area (Å²) in [5.74, 6) is -0.307. The van der Waals surface area contributed by atoms with Gasteiger partial charge >= 0.3 is 5.97 Å². The van der Waals surface area contributed by atoms with Gasteiger partial charge in [-0.3, -0.25) is 4.79 Å². The van der Waals surface area contributed by atoms with Crippen molar-refractivity contribution < 1.29 is 9.53 Å². The Kier molecular flexibility index (Phi) is 5.05. The lowest BCUT2D eigenvalue weighted by Gasteiger charge is -2.17. The molecule has 0 amide bonds. The first-order chi connectivity index (χ1) is 9.54. The molecule has 104 valence electrons. The van der Waals surface area contributed by atoms with Crippen LogP contribution in [0, 0.1) is 0 Å². The molecular formula is C16H14Cl2O2. The Hall–Kier alpha value is -1.51. The van der Waals surface area contributed by atoms with Gasteiger partial charge in [-0.05, 0) is 35.4 Å². The molecule has 0 aliphatic rings. The number of carbonyl (C=O) groups excluding carboxylic acids is 1. The van der Waals surface area contributed by atoms with E-state index in [1.54, 1.807) is 12.1 Å². The standard InChI is InChI=1S/C16H14Cl2O2/c1-11(19)20-16(13-4-8-15(18)9-5-13)10-12-2-6-14(17)7-3-12/h2-9,16H,10H2,1H3/t16-/m1/s1. The average molecular weight is 309 g/mol. The highest BCUT2D eigenvalue weighted by atomic mass is 35.5. The van der Waals surface area contributed by atoms with Crippen LogP contribution in [-0.2, 0) is 16.0 Å². The van der Waals surface area contributed by atoms with E-state index in [2.05, 4.69) is 0 Å². The fraction of sp³-hybridized carbons (Fsp3) is 0.188. The van der Waals surface area contributed by atoms with Gasteiger partial charge in [-0.25, -0.2) is 0 Å². The van der Waals surface area contributed by atoms with Crippen LogP contribution in [0.5, 0.6) is 0 Å². The van der Waals surface area contributed by atoms with E-state index < -0.39 is 0 Å². The third-order valence-corrected chi connectivity index (χ3v) is 3.39. The summed E-state index contributed by atoms with van der Waals surface area (Å²) in [6.45, 7) is 1.41. The van der Waals surface area contributed by atoms with Gasteiger partial charge < -0.3 is 4.74 Å². The molecule has 0 heterocycles. The average Bonchev–Trinajstić information content (AvgIpc) is 2.41. The molecule has 0 saturated heterocycles. The molecule has 0 spiro atoms. The van der Waals surface area contributed by atoms with Crippen molar-refractivity contribution in [3.63, 3.8) is 0 Å². The Morgan fingerprint density at radius 2 is 1.50 bits per heavy atom. The predicted octanol–water partition coefficient (Wildman–Crippen LogP) is 4.84. The summed E-state index contributed by atoms with van der Waals surface area (Å²) >= 11 is 11.7. The van der Waals surface area contributed by atoms with Crippen molar-refractivity contribution >= 4 is 29.2 Å². The number of benzene rings is 2. The van der Waals surface area contributed by atoms with Crippen molar-refractivity contribution in [2.75, 3.05) is 0 Å². The lowest BCUT2D eigenvalue weighted by Crippen LogP contribution is -2.11. The molecular weight excluding hydrogens is 295 g/mol. The van der Waals surface area contributed by atoms with Gasteiger partial charge in [-0.15, -0.1) is 0 Å². The molecule has 0 fully saturated rings. The fourth-order valence-corrected chi connectivity index (χ4v) is 2.19. The minimum absolute atomic E-state index is 0.307. The number of rotatable bonds is 4. The Bertz CT molecular complexity index is 576. The van der Waals surface area contributed by atoms with Crippen molar-refractivity contribution in [3.05, 3.63) is 69.7 Å². The van der Waals surface area contributed by atoms with Crippen molar-refractivity contribution in [1.29, 1.82) is 0 Å². The second-order valence-corrected chi connectivity index (χ2v) is 5.35. The smallest absolute Gasteiger partial charge is 0.303 e. The Labute approximate surface area is 128 Å². The fourth-order valence-electron chi connectivity index (χ4n) is 1.94. The van der Waals surface area contributed by atoms with Gasteiger partial charge in [0.25, 0.3) is 0 Å². The normalized spacial score (nSPS) is 11.9. The summed E-state index contributed by atoms with van der Waals surface area (Å²) < 4.78 is 5.40. The van der Waals surface area contributed by atoms with Crippen LogP contribution in [0.4, 0.5) is 0 Å². The SMILES string of the molecule is CC(=O)O[C@H](Cc1ccc(Cl)cc1)c1ccc(Cl)cc1. The zero-order chi connectivity index (χ0) is 14.5. The van der Waals surface area contributed by atoms with E-state index in [1.165, 1.54) is 6.92 Å². The summed E-state index contributed by atoms with van der Waals surface area (Å²) in [5, 5.41) is 1.34. The van der Waals surface area contributed by atoms with Crippen molar-refractivity contribution in [2.45, 2.75) is 19.4 Å². The number of hydrogen-bond donors (Lipinski definition) is 0. The van der Waals surface area contributed by atoms with E-state index >= 15 is 0 Å². The Morgan fingerprint density at radius 1 is 1.00 bits per heavy atom. The van der Waals surface area contributed by atoms with Crippen LogP contribution in [0.3, 0.4) is 0 Å². The molecule has 2 aromatic rings. The molecule has 1 atom stereocenters. The third-order valence-electron chi connectivity index (χ3n) is 2.88. The maximum absolute atomic E-state index is 11.3. The summed E-state index contributed by atoms with van der Waals surface area (Å²) in [7, 11) is 0. The zero-order valence-corrected chi connectivity index (χ0v) is 12.5. The molecule has 2 nitrogen and oxygen atoms in total. The van der Waals surface area contributed by atoms with Gasteiger partial charge in [0.05, 0.1) is 0 Å². The first-order valence-corrected chi connectivity index (χ1v) is 6.97. The van der Waals surface area contributed by atoms with Gasteiger partial charge in [-0.1, -0.05) is 47.5 Å². The van der Waals surface area contributed by atoms with Crippen LogP contribution in [-0.4, -0.2) is 5.97 Å². The molecule has 0 aliphatic carbocycles. The van der Waals surface area contributed by atoms with Crippen LogP contribution in [0.1, 0.15) is 24.2 Å². The summed E-state index contributed by atoms with van der Waals surface area (Å²) in [4.78, 5) is 11.3. The van der Waals surface area contributed by atoms with E-state index in [1.807, 2.05) is 36.4 Å². The van der Waals surface area contributed by atoms with Crippen molar-refractivity contribution in [1.82, 2.24) is 0 Å². The highest BCUT2D eigenvalue weighted by Gasteiger charge is 2.15. The molecule has 20 heavy (non-hydrogen) atoms. The summed E-state index contributed by atoms with van der Waals surface area (Å²) in [6.07, 6.45) is 0.268. The van der Waals surface area contributed by atoms with E-state index in [9.17, 15) is 4.79 Å². The van der Waals surface area contributed by atoms with E-state index in [0.29, 0.717) is 16.5 Å². The first-order valence-electron chi connectivity index (χ1n) is 6.22. The summed E-state index contributed by atoms with van der Waals surface area (Å²) in [5.41, 5.74) is 1.97. The van der Waals surface area contributed by atoms with Gasteiger partial charge in [-0.2, -0.15) is 0 Å². The second-order valence-electron chi connectivity index (χ2n) is 4.48. The molecule has 0 saturated carbocycles. The number of esters is 1. The van der Waals surface area contributed by atoms with Crippen LogP contribution < -0.4 is 0 Å².